The molecule has 1 aliphatic rings. The van der Waals surface area contributed by atoms with Crippen LogP contribution in [0.3, 0.4) is 0 Å². The van der Waals surface area contributed by atoms with Crippen molar-refractivity contribution in [2.24, 2.45) is 5.10 Å². The number of hydrogen-bond donors (Lipinski definition) is 2. The first-order valence-corrected chi connectivity index (χ1v) is 3.58. The number of amidine groups is 1. The van der Waals surface area contributed by atoms with E-state index in [9.17, 15) is 0 Å². The largest absolute Gasteiger partial charge is 0.341 e. The van der Waals surface area contributed by atoms with Crippen molar-refractivity contribution in [2.45, 2.75) is 0 Å². The minimum Gasteiger partial charge on any atom is -0.341 e. The molecule has 0 saturated carbocycles. The van der Waals surface area contributed by atoms with Crippen molar-refractivity contribution < 1.29 is 5.21 Å². The molecule has 1 aliphatic heterocycles. The van der Waals surface area contributed by atoms with Crippen LogP contribution in [0.5, 0.6) is 0 Å². The second kappa shape index (κ2) is 2.83. The topological polar surface area (TPSA) is 47.9 Å². The molecule has 0 amide bonds. The van der Waals surface area contributed by atoms with Crippen molar-refractivity contribution in [3.8, 4) is 0 Å². The maximum Gasteiger partial charge on any atom is 0.189 e. The lowest BCUT2D eigenvalue weighted by Crippen LogP contribution is -2.17. The van der Waals surface area contributed by atoms with Gasteiger partial charge >= 0.3 is 0 Å². The van der Waals surface area contributed by atoms with E-state index in [4.69, 9.17) is 5.21 Å². The molecule has 0 unspecified atom stereocenters. The SMILES string of the molecule is ON1[CH]NC(c2ccccc2)=N1. The van der Waals surface area contributed by atoms with E-state index in [0.717, 1.165) is 10.7 Å². The van der Waals surface area contributed by atoms with Crippen LogP contribution in [-0.4, -0.2) is 16.2 Å². The number of rotatable bonds is 1. The molecule has 1 aromatic rings. The first-order valence-electron chi connectivity index (χ1n) is 3.58. The van der Waals surface area contributed by atoms with Crippen LogP contribution in [0.4, 0.5) is 0 Å². The second-order valence-corrected chi connectivity index (χ2v) is 2.41. The fraction of sp³-hybridized carbons (Fsp3) is 0. The Morgan fingerprint density at radius 3 is 2.58 bits per heavy atom. The highest BCUT2D eigenvalue weighted by atomic mass is 16.5. The molecule has 2 rings (SSSR count). The Bertz CT molecular complexity index is 296. The Hall–Kier alpha value is -1.55. The number of hydrogen-bond acceptors (Lipinski definition) is 4. The number of benzene rings is 1. The van der Waals surface area contributed by atoms with Gasteiger partial charge in [-0.1, -0.05) is 30.3 Å². The third-order valence-corrected chi connectivity index (χ3v) is 1.57. The van der Waals surface area contributed by atoms with Gasteiger partial charge in [0.15, 0.2) is 12.5 Å². The fourth-order valence-electron chi connectivity index (χ4n) is 1.02. The van der Waals surface area contributed by atoms with Crippen LogP contribution in [0.15, 0.2) is 35.4 Å². The van der Waals surface area contributed by atoms with E-state index in [1.807, 2.05) is 30.3 Å². The van der Waals surface area contributed by atoms with Gasteiger partial charge < -0.3 is 5.32 Å². The summed E-state index contributed by atoms with van der Waals surface area (Å²) in [7, 11) is 0. The molecule has 4 heteroatoms. The normalized spacial score (nSPS) is 15.8. The summed E-state index contributed by atoms with van der Waals surface area (Å²) >= 11 is 0. The van der Waals surface area contributed by atoms with E-state index in [0.29, 0.717) is 5.84 Å². The zero-order valence-electron chi connectivity index (χ0n) is 6.31. The van der Waals surface area contributed by atoms with Crippen molar-refractivity contribution in [2.75, 3.05) is 0 Å². The summed E-state index contributed by atoms with van der Waals surface area (Å²) in [6.45, 7) is 1.38. The zero-order chi connectivity index (χ0) is 8.39. The van der Waals surface area contributed by atoms with Crippen molar-refractivity contribution in [1.29, 1.82) is 0 Å². The molecule has 1 radical (unpaired) electrons. The maximum absolute atomic E-state index is 8.89. The van der Waals surface area contributed by atoms with Gasteiger partial charge in [-0.25, -0.2) is 0 Å². The highest BCUT2D eigenvalue weighted by Gasteiger charge is 2.12. The average Bonchev–Trinajstić information content (AvgIpc) is 2.54. The molecular weight excluding hydrogens is 154 g/mol. The molecular formula is C8H8N3O. The highest BCUT2D eigenvalue weighted by Crippen LogP contribution is 2.05. The predicted molar refractivity (Wildman–Crippen MR) is 44.0 cm³/mol. The van der Waals surface area contributed by atoms with Crippen molar-refractivity contribution in [1.82, 2.24) is 10.5 Å². The Kier molecular flexibility index (Phi) is 1.68. The second-order valence-electron chi connectivity index (χ2n) is 2.41. The van der Waals surface area contributed by atoms with Crippen molar-refractivity contribution in [3.63, 3.8) is 0 Å². The average molecular weight is 162 g/mol. The lowest BCUT2D eigenvalue weighted by molar-refractivity contribution is -0.0549. The Morgan fingerprint density at radius 1 is 1.25 bits per heavy atom. The fourth-order valence-corrected chi connectivity index (χ4v) is 1.02. The van der Waals surface area contributed by atoms with E-state index in [-0.39, 0.29) is 0 Å². The molecule has 0 bridgehead atoms. The first kappa shape index (κ1) is 7.12. The monoisotopic (exact) mass is 162 g/mol. The Balaban J connectivity index is 2.27. The number of nitrogens with one attached hydrogen (secondary N) is 1. The van der Waals surface area contributed by atoms with Crippen molar-refractivity contribution >= 4 is 5.84 Å². The van der Waals surface area contributed by atoms with Gasteiger partial charge in [0.1, 0.15) is 0 Å². The van der Waals surface area contributed by atoms with Gasteiger partial charge in [0.25, 0.3) is 0 Å². The van der Waals surface area contributed by atoms with E-state index < -0.39 is 0 Å². The van der Waals surface area contributed by atoms with Gasteiger partial charge in [0.2, 0.25) is 0 Å². The zero-order valence-corrected chi connectivity index (χ0v) is 6.31. The molecule has 4 nitrogen and oxygen atoms in total. The van der Waals surface area contributed by atoms with E-state index in [2.05, 4.69) is 10.4 Å². The van der Waals surface area contributed by atoms with Crippen LogP contribution < -0.4 is 5.32 Å². The van der Waals surface area contributed by atoms with Crippen LogP contribution in [0, 0.1) is 6.67 Å². The van der Waals surface area contributed by atoms with Gasteiger partial charge in [-0.2, -0.15) is 0 Å². The summed E-state index contributed by atoms with van der Waals surface area (Å²) in [6, 6.07) is 9.59. The summed E-state index contributed by atoms with van der Waals surface area (Å²) in [5.74, 6) is 0.651. The van der Waals surface area contributed by atoms with Gasteiger partial charge in [-0.15, -0.1) is 10.3 Å². The minimum atomic E-state index is 0.651. The van der Waals surface area contributed by atoms with Gasteiger partial charge in [-0.3, -0.25) is 5.21 Å². The minimum absolute atomic E-state index is 0.651. The number of nitrogens with zero attached hydrogens (tertiary/aromatic N) is 2. The van der Waals surface area contributed by atoms with Crippen LogP contribution in [-0.2, 0) is 0 Å². The van der Waals surface area contributed by atoms with E-state index >= 15 is 0 Å². The summed E-state index contributed by atoms with van der Waals surface area (Å²) in [5.41, 5.74) is 0.949. The smallest absolute Gasteiger partial charge is 0.189 e. The third kappa shape index (κ3) is 1.24. The van der Waals surface area contributed by atoms with Crippen LogP contribution in [0.25, 0.3) is 0 Å². The molecule has 12 heavy (non-hydrogen) atoms. The quantitative estimate of drug-likeness (QED) is 0.641. The molecule has 0 aromatic heterocycles. The maximum atomic E-state index is 8.89. The lowest BCUT2D eigenvalue weighted by Gasteiger charge is -1.97. The molecule has 0 saturated heterocycles. The number of hydrazone groups is 1. The summed E-state index contributed by atoms with van der Waals surface area (Å²) in [4.78, 5) is 0. The molecule has 2 N–H and O–H groups in total. The van der Waals surface area contributed by atoms with E-state index in [1.54, 1.807) is 0 Å². The van der Waals surface area contributed by atoms with E-state index in [1.165, 1.54) is 6.67 Å². The Labute approximate surface area is 70.1 Å². The van der Waals surface area contributed by atoms with Gasteiger partial charge in [0.05, 0.1) is 0 Å². The highest BCUT2D eigenvalue weighted by molar-refractivity contribution is 5.99. The molecule has 0 fully saturated rings. The standard InChI is InChI=1S/C8H8N3O/c12-11-6-9-8(10-11)7-4-2-1-3-5-7/h1-6,12H,(H,9,10). The third-order valence-electron chi connectivity index (χ3n) is 1.57. The molecule has 0 spiro atoms. The predicted octanol–water partition coefficient (Wildman–Crippen LogP) is 0.762. The summed E-state index contributed by atoms with van der Waals surface area (Å²) < 4.78 is 0. The molecule has 61 valence electrons. The van der Waals surface area contributed by atoms with Crippen LogP contribution >= 0.6 is 0 Å². The molecule has 0 aliphatic carbocycles. The van der Waals surface area contributed by atoms with Crippen molar-refractivity contribution in [3.05, 3.63) is 42.6 Å². The lowest BCUT2D eigenvalue weighted by atomic mass is 10.2. The van der Waals surface area contributed by atoms with Crippen LogP contribution in [0.1, 0.15) is 5.56 Å². The molecule has 1 heterocycles. The summed E-state index contributed by atoms with van der Waals surface area (Å²) in [6.07, 6.45) is 0. The molecule has 1 aromatic carbocycles. The molecule has 0 atom stereocenters. The Morgan fingerprint density at radius 2 is 2.00 bits per heavy atom. The van der Waals surface area contributed by atoms with Gasteiger partial charge in [-0.05, 0) is 0 Å². The first-order chi connectivity index (χ1) is 5.86. The van der Waals surface area contributed by atoms with Crippen LogP contribution in [0.2, 0.25) is 0 Å². The van der Waals surface area contributed by atoms with Gasteiger partial charge in [0, 0.05) is 5.56 Å². The summed E-state index contributed by atoms with van der Waals surface area (Å²) in [5, 5.41) is 16.3. The number of hydroxylamine groups is 1.